The average Bonchev–Trinajstić information content (AvgIpc) is 2.89. The van der Waals surface area contributed by atoms with Crippen molar-refractivity contribution in [1.82, 2.24) is 5.32 Å². The molecule has 2 aromatic carbocycles. The number of hydrogen-bond acceptors (Lipinski definition) is 3. The van der Waals surface area contributed by atoms with Gasteiger partial charge in [-0.1, -0.05) is 30.3 Å². The van der Waals surface area contributed by atoms with Gasteiger partial charge in [0.05, 0.1) is 13.7 Å². The molecular formula is C19H22N2O2. The van der Waals surface area contributed by atoms with E-state index in [2.05, 4.69) is 35.3 Å². The number of hydrogen-bond donors (Lipinski definition) is 1. The third-order valence-electron chi connectivity index (χ3n) is 4.31. The molecule has 4 heteroatoms. The summed E-state index contributed by atoms with van der Waals surface area (Å²) in [6.45, 7) is 3.10. The predicted octanol–water partition coefficient (Wildman–Crippen LogP) is 2.76. The number of nitrogens with zero attached hydrogens (tertiary/aromatic N) is 1. The normalized spacial score (nSPS) is 16.1. The van der Waals surface area contributed by atoms with Crippen LogP contribution in [0.1, 0.15) is 18.1 Å². The van der Waals surface area contributed by atoms with Crippen LogP contribution in [0, 0.1) is 0 Å². The SMILES string of the molecule is COc1ccc(CNC(=O)CN2c3ccccc3C[C@H]2C)cc1. The van der Waals surface area contributed by atoms with Crippen molar-refractivity contribution in [2.45, 2.75) is 25.9 Å². The Morgan fingerprint density at radius 1 is 1.22 bits per heavy atom. The summed E-state index contributed by atoms with van der Waals surface area (Å²) < 4.78 is 5.13. The van der Waals surface area contributed by atoms with Gasteiger partial charge in [-0.2, -0.15) is 0 Å². The van der Waals surface area contributed by atoms with E-state index in [-0.39, 0.29) is 5.91 Å². The second kappa shape index (κ2) is 6.73. The standard InChI is InChI=1S/C19H22N2O2/c1-14-11-16-5-3-4-6-18(16)21(14)13-19(22)20-12-15-7-9-17(23-2)10-8-15/h3-10,14H,11-13H2,1-2H3,(H,20,22)/t14-/m1/s1. The lowest BCUT2D eigenvalue weighted by Gasteiger charge is -2.24. The number of benzene rings is 2. The molecule has 0 aromatic heterocycles. The van der Waals surface area contributed by atoms with Crippen LogP contribution in [0.5, 0.6) is 5.75 Å². The number of para-hydroxylation sites is 1. The Balaban J connectivity index is 1.57. The van der Waals surface area contributed by atoms with Crippen LogP contribution in [0.15, 0.2) is 48.5 Å². The first-order valence-corrected chi connectivity index (χ1v) is 7.91. The van der Waals surface area contributed by atoms with E-state index in [4.69, 9.17) is 4.74 Å². The van der Waals surface area contributed by atoms with Crippen molar-refractivity contribution in [1.29, 1.82) is 0 Å². The van der Waals surface area contributed by atoms with Crippen molar-refractivity contribution in [2.75, 3.05) is 18.6 Å². The lowest BCUT2D eigenvalue weighted by atomic mass is 10.1. The Morgan fingerprint density at radius 2 is 1.96 bits per heavy atom. The summed E-state index contributed by atoms with van der Waals surface area (Å²) in [4.78, 5) is 14.5. The smallest absolute Gasteiger partial charge is 0.239 e. The largest absolute Gasteiger partial charge is 0.497 e. The van der Waals surface area contributed by atoms with E-state index in [1.54, 1.807) is 7.11 Å². The third kappa shape index (κ3) is 3.47. The molecule has 0 unspecified atom stereocenters. The first-order valence-electron chi connectivity index (χ1n) is 7.91. The fourth-order valence-corrected chi connectivity index (χ4v) is 3.03. The van der Waals surface area contributed by atoms with Gasteiger partial charge in [-0.05, 0) is 42.7 Å². The zero-order valence-corrected chi connectivity index (χ0v) is 13.6. The van der Waals surface area contributed by atoms with Gasteiger partial charge in [0, 0.05) is 18.3 Å². The maximum absolute atomic E-state index is 12.3. The number of ether oxygens (including phenoxy) is 1. The number of nitrogens with one attached hydrogen (secondary N) is 1. The van der Waals surface area contributed by atoms with Gasteiger partial charge in [0.2, 0.25) is 5.91 Å². The van der Waals surface area contributed by atoms with Crippen LogP contribution >= 0.6 is 0 Å². The number of carbonyl (C=O) groups excluding carboxylic acids is 1. The van der Waals surface area contributed by atoms with Crippen molar-refractivity contribution in [3.05, 3.63) is 59.7 Å². The molecule has 120 valence electrons. The highest BCUT2D eigenvalue weighted by Gasteiger charge is 2.26. The highest BCUT2D eigenvalue weighted by Crippen LogP contribution is 2.31. The molecule has 1 N–H and O–H groups in total. The highest BCUT2D eigenvalue weighted by molar-refractivity contribution is 5.82. The predicted molar refractivity (Wildman–Crippen MR) is 91.8 cm³/mol. The molecule has 23 heavy (non-hydrogen) atoms. The minimum atomic E-state index is 0.0457. The molecule has 0 saturated heterocycles. The van der Waals surface area contributed by atoms with E-state index in [1.165, 1.54) is 11.3 Å². The molecule has 0 fully saturated rings. The molecule has 1 atom stereocenters. The van der Waals surface area contributed by atoms with Gasteiger partial charge in [0.25, 0.3) is 0 Å². The van der Waals surface area contributed by atoms with Crippen molar-refractivity contribution in [3.8, 4) is 5.75 Å². The van der Waals surface area contributed by atoms with Crippen LogP contribution < -0.4 is 15.0 Å². The summed E-state index contributed by atoms with van der Waals surface area (Å²) in [6.07, 6.45) is 1.00. The van der Waals surface area contributed by atoms with Gasteiger partial charge in [0.15, 0.2) is 0 Å². The molecule has 4 nitrogen and oxygen atoms in total. The van der Waals surface area contributed by atoms with Crippen molar-refractivity contribution < 1.29 is 9.53 Å². The van der Waals surface area contributed by atoms with Crippen LogP contribution in [0.4, 0.5) is 5.69 Å². The number of carbonyl (C=O) groups is 1. The minimum Gasteiger partial charge on any atom is -0.497 e. The molecular weight excluding hydrogens is 288 g/mol. The van der Waals surface area contributed by atoms with E-state index in [0.717, 1.165) is 17.7 Å². The first kappa shape index (κ1) is 15.4. The highest BCUT2D eigenvalue weighted by atomic mass is 16.5. The van der Waals surface area contributed by atoms with E-state index < -0.39 is 0 Å². The van der Waals surface area contributed by atoms with Crippen LogP contribution in [0.3, 0.4) is 0 Å². The number of rotatable bonds is 5. The van der Waals surface area contributed by atoms with Gasteiger partial charge in [-0.15, -0.1) is 0 Å². The molecule has 0 spiro atoms. The zero-order chi connectivity index (χ0) is 16.2. The number of fused-ring (bicyclic) bond motifs is 1. The molecule has 0 radical (unpaired) electrons. The molecule has 3 rings (SSSR count). The quantitative estimate of drug-likeness (QED) is 0.923. The van der Waals surface area contributed by atoms with E-state index in [0.29, 0.717) is 19.1 Å². The molecule has 2 aromatic rings. The van der Waals surface area contributed by atoms with Gasteiger partial charge < -0.3 is 15.0 Å². The Kier molecular flexibility index (Phi) is 4.51. The zero-order valence-electron chi connectivity index (χ0n) is 13.6. The van der Waals surface area contributed by atoms with Crippen LogP contribution in [0.2, 0.25) is 0 Å². The Hall–Kier alpha value is -2.49. The Labute approximate surface area is 137 Å². The van der Waals surface area contributed by atoms with Crippen LogP contribution in [0.25, 0.3) is 0 Å². The number of amides is 1. The van der Waals surface area contributed by atoms with E-state index >= 15 is 0 Å². The minimum absolute atomic E-state index is 0.0457. The molecule has 0 bridgehead atoms. The molecule has 0 aliphatic carbocycles. The van der Waals surface area contributed by atoms with E-state index in [1.807, 2.05) is 30.3 Å². The fourth-order valence-electron chi connectivity index (χ4n) is 3.03. The summed E-state index contributed by atoms with van der Waals surface area (Å²) in [5, 5.41) is 2.99. The number of methoxy groups -OCH3 is 1. The summed E-state index contributed by atoms with van der Waals surface area (Å²) in [6, 6.07) is 16.4. The van der Waals surface area contributed by atoms with Crippen molar-refractivity contribution in [3.63, 3.8) is 0 Å². The van der Waals surface area contributed by atoms with Crippen molar-refractivity contribution >= 4 is 11.6 Å². The van der Waals surface area contributed by atoms with Crippen LogP contribution in [-0.2, 0) is 17.8 Å². The topological polar surface area (TPSA) is 41.6 Å². The van der Waals surface area contributed by atoms with Crippen molar-refractivity contribution in [2.24, 2.45) is 0 Å². The maximum atomic E-state index is 12.3. The lowest BCUT2D eigenvalue weighted by molar-refractivity contribution is -0.120. The molecule has 1 aliphatic rings. The first-order chi connectivity index (χ1) is 11.2. The second-order valence-corrected chi connectivity index (χ2v) is 5.93. The average molecular weight is 310 g/mol. The molecule has 1 amide bonds. The second-order valence-electron chi connectivity index (χ2n) is 5.93. The summed E-state index contributed by atoms with van der Waals surface area (Å²) >= 11 is 0. The van der Waals surface area contributed by atoms with Crippen LogP contribution in [-0.4, -0.2) is 25.6 Å². The van der Waals surface area contributed by atoms with Gasteiger partial charge in [-0.3, -0.25) is 4.79 Å². The molecule has 1 aliphatic heterocycles. The monoisotopic (exact) mass is 310 g/mol. The number of anilines is 1. The lowest BCUT2D eigenvalue weighted by Crippen LogP contribution is -2.39. The summed E-state index contributed by atoms with van der Waals surface area (Å²) in [7, 11) is 1.64. The fraction of sp³-hybridized carbons (Fsp3) is 0.316. The van der Waals surface area contributed by atoms with E-state index in [9.17, 15) is 4.79 Å². The van der Waals surface area contributed by atoms with Gasteiger partial charge >= 0.3 is 0 Å². The van der Waals surface area contributed by atoms with Gasteiger partial charge in [-0.25, -0.2) is 0 Å². The molecule has 1 heterocycles. The summed E-state index contributed by atoms with van der Waals surface area (Å²) in [5.41, 5.74) is 3.57. The Bertz CT molecular complexity index is 682. The Morgan fingerprint density at radius 3 is 2.70 bits per heavy atom. The van der Waals surface area contributed by atoms with Gasteiger partial charge in [0.1, 0.15) is 5.75 Å². The maximum Gasteiger partial charge on any atom is 0.239 e. The molecule has 0 saturated carbocycles. The summed E-state index contributed by atoms with van der Waals surface area (Å²) in [5.74, 6) is 0.868. The third-order valence-corrected chi connectivity index (χ3v) is 4.31.